The van der Waals surface area contributed by atoms with Crippen LogP contribution in [-0.2, 0) is 27.3 Å². The molecular weight excluding hydrogens is 354 g/mol. The molecule has 0 saturated carbocycles. The first-order valence-corrected chi connectivity index (χ1v) is 9.47. The highest BCUT2D eigenvalue weighted by molar-refractivity contribution is 5.78. The van der Waals surface area contributed by atoms with E-state index in [1.165, 1.54) is 12.7 Å². The number of nitrogens with zero attached hydrogens (tertiary/aromatic N) is 1. The monoisotopic (exact) mass is 383 g/mol. The van der Waals surface area contributed by atoms with Crippen LogP contribution in [0, 0.1) is 12.8 Å². The standard InChI is InChI=1S/C23H29NO4/c1-17-5-7-19(8-6-17)11-14-22(25)24(15-18(2)23(26)28-4)16-20-9-12-21(27-3)13-10-20/h5-10,12-13,18H,11,14-16H2,1-4H3. The van der Waals surface area contributed by atoms with Gasteiger partial charge in [-0.15, -0.1) is 0 Å². The first-order chi connectivity index (χ1) is 13.4. The van der Waals surface area contributed by atoms with Crippen LogP contribution in [0.15, 0.2) is 48.5 Å². The summed E-state index contributed by atoms with van der Waals surface area (Å²) in [6, 6.07) is 15.8. The second-order valence-electron chi connectivity index (χ2n) is 7.03. The largest absolute Gasteiger partial charge is 0.497 e. The number of amides is 1. The van der Waals surface area contributed by atoms with Crippen LogP contribution in [0.25, 0.3) is 0 Å². The van der Waals surface area contributed by atoms with Crippen molar-refractivity contribution in [1.29, 1.82) is 0 Å². The molecule has 0 fully saturated rings. The summed E-state index contributed by atoms with van der Waals surface area (Å²) < 4.78 is 10.0. The maximum absolute atomic E-state index is 12.9. The maximum atomic E-state index is 12.9. The Balaban J connectivity index is 2.07. The van der Waals surface area contributed by atoms with Crippen molar-refractivity contribution >= 4 is 11.9 Å². The lowest BCUT2D eigenvalue weighted by molar-refractivity contribution is -0.146. The van der Waals surface area contributed by atoms with Crippen LogP contribution in [0.3, 0.4) is 0 Å². The average molecular weight is 383 g/mol. The first kappa shape index (κ1) is 21.5. The van der Waals surface area contributed by atoms with Crippen molar-refractivity contribution < 1.29 is 19.1 Å². The average Bonchev–Trinajstić information content (AvgIpc) is 2.72. The van der Waals surface area contributed by atoms with Gasteiger partial charge in [-0.1, -0.05) is 48.9 Å². The van der Waals surface area contributed by atoms with E-state index in [0.29, 0.717) is 25.9 Å². The molecule has 150 valence electrons. The molecule has 0 bridgehead atoms. The van der Waals surface area contributed by atoms with Crippen molar-refractivity contribution in [1.82, 2.24) is 4.90 Å². The number of hydrogen-bond donors (Lipinski definition) is 0. The van der Waals surface area contributed by atoms with Crippen molar-refractivity contribution in [3.63, 3.8) is 0 Å². The molecule has 0 radical (unpaired) electrons. The molecule has 5 heteroatoms. The third-order valence-corrected chi connectivity index (χ3v) is 4.73. The summed E-state index contributed by atoms with van der Waals surface area (Å²) in [7, 11) is 2.99. The predicted molar refractivity (Wildman–Crippen MR) is 109 cm³/mol. The van der Waals surface area contributed by atoms with E-state index in [9.17, 15) is 9.59 Å². The Labute approximate surface area is 167 Å². The third-order valence-electron chi connectivity index (χ3n) is 4.73. The summed E-state index contributed by atoms with van der Waals surface area (Å²) in [5.74, 6) is 0.0914. The lowest BCUT2D eigenvalue weighted by atomic mass is 10.1. The van der Waals surface area contributed by atoms with Crippen molar-refractivity contribution in [3.8, 4) is 5.75 Å². The van der Waals surface area contributed by atoms with Gasteiger partial charge in [-0.05, 0) is 36.6 Å². The Bertz CT molecular complexity index is 768. The van der Waals surface area contributed by atoms with Gasteiger partial charge in [-0.25, -0.2) is 0 Å². The number of hydrogen-bond acceptors (Lipinski definition) is 4. The number of rotatable bonds is 9. The van der Waals surface area contributed by atoms with Gasteiger partial charge in [0.2, 0.25) is 5.91 Å². The fourth-order valence-electron chi connectivity index (χ4n) is 2.98. The number of aryl methyl sites for hydroxylation is 2. The molecule has 5 nitrogen and oxygen atoms in total. The van der Waals surface area contributed by atoms with Gasteiger partial charge in [0.05, 0.1) is 20.1 Å². The highest BCUT2D eigenvalue weighted by Gasteiger charge is 2.21. The molecule has 1 amide bonds. The molecule has 0 spiro atoms. The number of carbonyl (C=O) groups is 2. The molecule has 1 atom stereocenters. The van der Waals surface area contributed by atoms with Gasteiger partial charge in [-0.3, -0.25) is 9.59 Å². The van der Waals surface area contributed by atoms with Gasteiger partial charge in [0.1, 0.15) is 5.75 Å². The lowest BCUT2D eigenvalue weighted by Crippen LogP contribution is -2.37. The minimum Gasteiger partial charge on any atom is -0.497 e. The number of carbonyl (C=O) groups excluding carboxylic acids is 2. The van der Waals surface area contributed by atoms with Crippen LogP contribution in [-0.4, -0.2) is 37.5 Å². The Morgan fingerprint density at radius 1 is 0.964 bits per heavy atom. The lowest BCUT2D eigenvalue weighted by Gasteiger charge is -2.25. The number of esters is 1. The Kier molecular flexibility index (Phi) is 8.05. The van der Waals surface area contributed by atoms with Crippen molar-refractivity contribution in [2.45, 2.75) is 33.2 Å². The van der Waals surface area contributed by atoms with Crippen molar-refractivity contribution in [2.24, 2.45) is 5.92 Å². The number of benzene rings is 2. The van der Waals surface area contributed by atoms with Gasteiger partial charge in [0.25, 0.3) is 0 Å². The van der Waals surface area contributed by atoms with E-state index < -0.39 is 0 Å². The molecule has 28 heavy (non-hydrogen) atoms. The van der Waals surface area contributed by atoms with Crippen molar-refractivity contribution in [3.05, 3.63) is 65.2 Å². The molecular formula is C23H29NO4. The third kappa shape index (κ3) is 6.41. The van der Waals surface area contributed by atoms with Crippen LogP contribution >= 0.6 is 0 Å². The minimum atomic E-state index is -0.383. The van der Waals surface area contributed by atoms with Gasteiger partial charge < -0.3 is 14.4 Å². The summed E-state index contributed by atoms with van der Waals surface area (Å²) in [6.07, 6.45) is 1.07. The summed E-state index contributed by atoms with van der Waals surface area (Å²) in [5, 5.41) is 0. The van der Waals surface area contributed by atoms with E-state index in [2.05, 4.69) is 0 Å². The van der Waals surface area contributed by atoms with Gasteiger partial charge in [-0.2, -0.15) is 0 Å². The maximum Gasteiger partial charge on any atom is 0.310 e. The summed E-state index contributed by atoms with van der Waals surface area (Å²) in [6.45, 7) is 4.59. The molecule has 0 N–H and O–H groups in total. The molecule has 1 unspecified atom stereocenters. The summed E-state index contributed by atoms with van der Waals surface area (Å²) >= 11 is 0. The predicted octanol–water partition coefficient (Wildman–Crippen LogP) is 3.77. The summed E-state index contributed by atoms with van der Waals surface area (Å²) in [5.41, 5.74) is 3.31. The Hall–Kier alpha value is -2.82. The fraction of sp³-hybridized carbons (Fsp3) is 0.391. The molecule has 0 aliphatic carbocycles. The SMILES string of the molecule is COC(=O)C(C)CN(Cc1ccc(OC)cc1)C(=O)CCc1ccc(C)cc1. The van der Waals surface area contributed by atoms with Gasteiger partial charge in [0, 0.05) is 19.5 Å². The smallest absolute Gasteiger partial charge is 0.310 e. The van der Waals surface area contributed by atoms with E-state index in [1.54, 1.807) is 18.9 Å². The second kappa shape index (κ2) is 10.5. The molecule has 2 aromatic rings. The summed E-state index contributed by atoms with van der Waals surface area (Å²) in [4.78, 5) is 26.5. The normalized spacial score (nSPS) is 11.6. The zero-order valence-electron chi connectivity index (χ0n) is 17.1. The fourth-order valence-corrected chi connectivity index (χ4v) is 2.98. The van der Waals surface area contributed by atoms with E-state index in [1.807, 2.05) is 55.5 Å². The van der Waals surface area contributed by atoms with Crippen LogP contribution < -0.4 is 4.74 Å². The van der Waals surface area contributed by atoms with E-state index in [4.69, 9.17) is 9.47 Å². The number of ether oxygens (including phenoxy) is 2. The number of methoxy groups -OCH3 is 2. The van der Waals surface area contributed by atoms with Gasteiger partial charge in [0.15, 0.2) is 0 Å². The molecule has 0 aromatic heterocycles. The molecule has 2 aromatic carbocycles. The Morgan fingerprint density at radius 2 is 1.57 bits per heavy atom. The van der Waals surface area contributed by atoms with Crippen molar-refractivity contribution in [2.75, 3.05) is 20.8 Å². The minimum absolute atomic E-state index is 0.0205. The van der Waals surface area contributed by atoms with E-state index in [-0.39, 0.29) is 17.8 Å². The quantitative estimate of drug-likeness (QED) is 0.619. The zero-order chi connectivity index (χ0) is 20.5. The zero-order valence-corrected chi connectivity index (χ0v) is 17.1. The van der Waals surface area contributed by atoms with E-state index in [0.717, 1.165) is 16.9 Å². The molecule has 0 aliphatic rings. The second-order valence-corrected chi connectivity index (χ2v) is 7.03. The van der Waals surface area contributed by atoms with Crippen LogP contribution in [0.5, 0.6) is 5.75 Å². The molecule has 0 saturated heterocycles. The van der Waals surface area contributed by atoms with E-state index >= 15 is 0 Å². The first-order valence-electron chi connectivity index (χ1n) is 9.47. The van der Waals surface area contributed by atoms with Crippen LogP contribution in [0.4, 0.5) is 0 Å². The van der Waals surface area contributed by atoms with Gasteiger partial charge >= 0.3 is 5.97 Å². The van der Waals surface area contributed by atoms with Crippen LogP contribution in [0.2, 0.25) is 0 Å². The highest BCUT2D eigenvalue weighted by Crippen LogP contribution is 2.16. The van der Waals surface area contributed by atoms with Crippen LogP contribution in [0.1, 0.15) is 30.0 Å². The molecule has 0 heterocycles. The highest BCUT2D eigenvalue weighted by atomic mass is 16.5. The molecule has 2 rings (SSSR count). The Morgan fingerprint density at radius 3 is 2.14 bits per heavy atom. The molecule has 0 aliphatic heterocycles. The topological polar surface area (TPSA) is 55.8 Å².